The van der Waals surface area contributed by atoms with E-state index in [-0.39, 0.29) is 23.3 Å². The van der Waals surface area contributed by atoms with Crippen LogP contribution in [0.4, 0.5) is 5.82 Å². The average Bonchev–Trinajstić information content (AvgIpc) is 3.34. The van der Waals surface area contributed by atoms with E-state index in [1.54, 1.807) is 12.1 Å². The number of ketones is 1. The minimum absolute atomic E-state index is 0.00445. The highest BCUT2D eigenvalue weighted by molar-refractivity contribution is 5.94. The van der Waals surface area contributed by atoms with Gasteiger partial charge in [-0.2, -0.15) is 9.97 Å². The number of nitrogens with two attached hydrogens (primary N) is 1. The summed E-state index contributed by atoms with van der Waals surface area (Å²) in [5.41, 5.74) is 7.88. The van der Waals surface area contributed by atoms with Gasteiger partial charge in [-0.25, -0.2) is 4.79 Å². The number of rotatable bonds is 20. The number of benzene rings is 1. The van der Waals surface area contributed by atoms with Gasteiger partial charge in [-0.15, -0.1) is 0 Å². The van der Waals surface area contributed by atoms with E-state index in [9.17, 15) is 9.59 Å². The number of anilines is 1. The number of aromatic nitrogens is 4. The number of imidazole rings is 1. The summed E-state index contributed by atoms with van der Waals surface area (Å²) in [6.45, 7) is 22.4. The van der Waals surface area contributed by atoms with Gasteiger partial charge in [0.2, 0.25) is 0 Å². The molecule has 0 amide bonds. The third kappa shape index (κ3) is 13.3. The van der Waals surface area contributed by atoms with E-state index in [0.29, 0.717) is 29.9 Å². The molecule has 0 fully saturated rings. The van der Waals surface area contributed by atoms with Gasteiger partial charge in [0.1, 0.15) is 5.52 Å². The molecule has 0 aliphatic heterocycles. The summed E-state index contributed by atoms with van der Waals surface area (Å²) in [4.78, 5) is 37.6. The molecular formula is C37H62N6O3. The minimum atomic E-state index is -0.331. The van der Waals surface area contributed by atoms with Gasteiger partial charge in [0.15, 0.2) is 17.2 Å². The zero-order valence-corrected chi connectivity index (χ0v) is 30.0. The van der Waals surface area contributed by atoms with Gasteiger partial charge in [-0.1, -0.05) is 98.4 Å². The molecule has 46 heavy (non-hydrogen) atoms. The Hall–Kier alpha value is -3.20. The summed E-state index contributed by atoms with van der Waals surface area (Å²) >= 11 is 0. The van der Waals surface area contributed by atoms with E-state index in [2.05, 4.69) is 68.3 Å². The van der Waals surface area contributed by atoms with E-state index in [1.165, 1.54) is 76.1 Å². The van der Waals surface area contributed by atoms with Crippen LogP contribution in [-0.2, 0) is 6.54 Å². The SMILES string of the molecule is CCCC(CCC(C)C)CN(CCC)CCC(C)CC.CCCCOc1nc(N)c2[nH]c(=O)n(Cc3ccc(C(C)=O)cc3)c2n1. The Labute approximate surface area is 277 Å². The highest BCUT2D eigenvalue weighted by Crippen LogP contribution is 2.21. The molecule has 3 aromatic rings. The van der Waals surface area contributed by atoms with Crippen LogP contribution in [0.1, 0.15) is 129 Å². The molecule has 0 spiro atoms. The van der Waals surface area contributed by atoms with Crippen LogP contribution in [0, 0.1) is 17.8 Å². The van der Waals surface area contributed by atoms with Crippen LogP contribution in [0.5, 0.6) is 6.01 Å². The van der Waals surface area contributed by atoms with Crippen LogP contribution in [0.3, 0.4) is 0 Å². The van der Waals surface area contributed by atoms with Crippen LogP contribution >= 0.6 is 0 Å². The molecule has 9 nitrogen and oxygen atoms in total. The number of hydrogen-bond acceptors (Lipinski definition) is 7. The summed E-state index contributed by atoms with van der Waals surface area (Å²) in [5, 5.41) is 0. The number of nitrogen functional groups attached to an aromatic ring is 1. The predicted molar refractivity (Wildman–Crippen MR) is 192 cm³/mol. The molecule has 0 saturated carbocycles. The van der Waals surface area contributed by atoms with Crippen molar-refractivity contribution >= 4 is 22.8 Å². The molecule has 2 unspecified atom stereocenters. The number of unbranched alkanes of at least 4 members (excludes halogenated alkanes) is 1. The molecule has 1 aromatic carbocycles. The number of H-pyrrole nitrogens is 1. The van der Waals surface area contributed by atoms with Gasteiger partial charge in [0.25, 0.3) is 0 Å². The quantitative estimate of drug-likeness (QED) is 0.0947. The summed E-state index contributed by atoms with van der Waals surface area (Å²) in [5.74, 6) is 2.83. The van der Waals surface area contributed by atoms with Gasteiger partial charge in [-0.3, -0.25) is 9.36 Å². The smallest absolute Gasteiger partial charge is 0.328 e. The first-order chi connectivity index (χ1) is 22.0. The predicted octanol–water partition coefficient (Wildman–Crippen LogP) is 8.12. The summed E-state index contributed by atoms with van der Waals surface area (Å²) in [6.07, 6.45) is 11.4. The molecule has 9 heteroatoms. The molecule has 0 bridgehead atoms. The minimum Gasteiger partial charge on any atom is -0.463 e. The van der Waals surface area contributed by atoms with E-state index < -0.39 is 0 Å². The standard InChI is InChI=1S/C19H41N.C18H21N5O3/c1-7-10-19(12-11-17(4)5)16-20(14-8-2)15-13-18(6)9-3;1-3-4-9-26-17-21-15(19)14-16(22-17)23(18(25)20-14)10-12-5-7-13(8-6-12)11(2)24/h17-19H,7-16H2,1-6H3;5-8H,3-4,9-10H2,1-2H3,(H,20,25)(H2,19,21,22). The Kier molecular flexibility index (Phi) is 17.6. The second-order valence-corrected chi connectivity index (χ2v) is 13.3. The van der Waals surface area contributed by atoms with E-state index in [1.807, 2.05) is 12.1 Å². The topological polar surface area (TPSA) is 119 Å². The number of hydrogen-bond donors (Lipinski definition) is 2. The first kappa shape index (κ1) is 39.0. The van der Waals surface area contributed by atoms with Crippen LogP contribution in [0.2, 0.25) is 0 Å². The maximum Gasteiger partial charge on any atom is 0.328 e. The third-order valence-electron chi connectivity index (χ3n) is 8.60. The normalized spacial score (nSPS) is 12.7. The lowest BCUT2D eigenvalue weighted by Gasteiger charge is -2.28. The number of nitrogens with one attached hydrogen (secondary N) is 1. The Balaban J connectivity index is 0.000000334. The molecule has 2 aromatic heterocycles. The number of nitrogens with zero attached hydrogens (tertiary/aromatic N) is 4. The summed E-state index contributed by atoms with van der Waals surface area (Å²) in [7, 11) is 0. The first-order valence-corrected chi connectivity index (χ1v) is 17.7. The van der Waals surface area contributed by atoms with Crippen LogP contribution in [-0.4, -0.2) is 56.4 Å². The van der Waals surface area contributed by atoms with Crippen molar-refractivity contribution < 1.29 is 9.53 Å². The fourth-order valence-corrected chi connectivity index (χ4v) is 5.46. The number of carbonyl (C=O) groups excluding carboxylic acids is 1. The number of aromatic amines is 1. The van der Waals surface area contributed by atoms with Gasteiger partial charge in [0, 0.05) is 12.1 Å². The summed E-state index contributed by atoms with van der Waals surface area (Å²) < 4.78 is 7.00. The Morgan fingerprint density at radius 3 is 2.26 bits per heavy atom. The highest BCUT2D eigenvalue weighted by Gasteiger charge is 2.16. The summed E-state index contributed by atoms with van der Waals surface area (Å²) in [6, 6.07) is 7.25. The number of carbonyl (C=O) groups is 1. The third-order valence-corrected chi connectivity index (χ3v) is 8.60. The van der Waals surface area contributed by atoms with Gasteiger partial charge >= 0.3 is 11.7 Å². The molecule has 0 saturated heterocycles. The molecule has 258 valence electrons. The molecule has 0 radical (unpaired) electrons. The highest BCUT2D eigenvalue weighted by atomic mass is 16.5. The number of fused-ring (bicyclic) bond motifs is 1. The van der Waals surface area contributed by atoms with E-state index >= 15 is 0 Å². The average molecular weight is 639 g/mol. The fraction of sp³-hybridized carbons (Fsp3) is 0.676. The maximum atomic E-state index is 12.3. The largest absolute Gasteiger partial charge is 0.463 e. The zero-order chi connectivity index (χ0) is 34.1. The fourth-order valence-electron chi connectivity index (χ4n) is 5.46. The Morgan fingerprint density at radius 1 is 0.957 bits per heavy atom. The van der Waals surface area contributed by atoms with E-state index in [0.717, 1.165) is 36.2 Å². The Morgan fingerprint density at radius 2 is 1.67 bits per heavy atom. The first-order valence-electron chi connectivity index (χ1n) is 17.7. The van der Waals surface area contributed by atoms with Crippen molar-refractivity contribution in [3.8, 4) is 6.01 Å². The van der Waals surface area contributed by atoms with Gasteiger partial charge in [0.05, 0.1) is 13.2 Å². The lowest BCUT2D eigenvalue weighted by atomic mass is 9.93. The monoisotopic (exact) mass is 638 g/mol. The molecule has 2 heterocycles. The lowest BCUT2D eigenvalue weighted by molar-refractivity contribution is 0.101. The second-order valence-electron chi connectivity index (χ2n) is 13.3. The van der Waals surface area contributed by atoms with Crippen molar-refractivity contribution in [2.24, 2.45) is 17.8 Å². The van der Waals surface area contributed by atoms with Crippen molar-refractivity contribution in [3.63, 3.8) is 0 Å². The van der Waals surface area contributed by atoms with Crippen LogP contribution < -0.4 is 16.2 Å². The molecule has 3 rings (SSSR count). The van der Waals surface area contributed by atoms with Crippen LogP contribution in [0.25, 0.3) is 11.2 Å². The maximum absolute atomic E-state index is 12.3. The number of ether oxygens (including phenoxy) is 1. The number of Topliss-reactive ketones (excluding diaryl/α,β-unsaturated/α-hetero) is 1. The molecule has 2 atom stereocenters. The molecule has 0 aliphatic rings. The Bertz CT molecular complexity index is 1350. The van der Waals surface area contributed by atoms with Crippen molar-refractivity contribution in [2.45, 2.75) is 120 Å². The van der Waals surface area contributed by atoms with Crippen molar-refractivity contribution in [3.05, 3.63) is 45.9 Å². The van der Waals surface area contributed by atoms with Gasteiger partial charge in [-0.05, 0) is 75.4 Å². The zero-order valence-electron chi connectivity index (χ0n) is 30.0. The van der Waals surface area contributed by atoms with E-state index in [4.69, 9.17) is 10.5 Å². The molecule has 3 N–H and O–H groups in total. The lowest BCUT2D eigenvalue weighted by Crippen LogP contribution is -2.32. The van der Waals surface area contributed by atoms with Crippen molar-refractivity contribution in [2.75, 3.05) is 32.0 Å². The van der Waals surface area contributed by atoms with Crippen molar-refractivity contribution in [1.29, 1.82) is 0 Å². The van der Waals surface area contributed by atoms with Crippen molar-refractivity contribution in [1.82, 2.24) is 24.4 Å². The van der Waals surface area contributed by atoms with Crippen LogP contribution in [0.15, 0.2) is 29.1 Å². The van der Waals surface area contributed by atoms with Gasteiger partial charge < -0.3 is 20.4 Å². The molecule has 0 aliphatic carbocycles. The second kappa shape index (κ2) is 20.8. The molecular weight excluding hydrogens is 576 g/mol.